The summed E-state index contributed by atoms with van der Waals surface area (Å²) < 4.78 is 6.71. The van der Waals surface area contributed by atoms with Crippen molar-refractivity contribution in [2.75, 3.05) is 7.11 Å². The van der Waals surface area contributed by atoms with Crippen molar-refractivity contribution in [3.05, 3.63) is 22.5 Å². The standard InChI is InChI=1S/C13H19NO3/c1-8-10(12(16)17-6)11(9(2)14(8)5)13(3,4)7-15/h7H,1-6H3. The van der Waals surface area contributed by atoms with Crippen LogP contribution in [0.15, 0.2) is 0 Å². The summed E-state index contributed by atoms with van der Waals surface area (Å²) in [5.74, 6) is -0.392. The van der Waals surface area contributed by atoms with Gasteiger partial charge in [-0.05, 0) is 27.7 Å². The van der Waals surface area contributed by atoms with Crippen LogP contribution in [0.3, 0.4) is 0 Å². The maximum atomic E-state index is 11.8. The van der Waals surface area contributed by atoms with E-state index in [4.69, 9.17) is 4.74 Å². The van der Waals surface area contributed by atoms with E-state index in [0.717, 1.165) is 23.2 Å². The molecule has 0 radical (unpaired) electrons. The molecule has 0 aliphatic carbocycles. The summed E-state index contributed by atoms with van der Waals surface area (Å²) in [6.45, 7) is 7.35. The number of nitrogens with zero attached hydrogens (tertiary/aromatic N) is 1. The zero-order valence-electron chi connectivity index (χ0n) is 11.2. The Kier molecular flexibility index (Phi) is 3.45. The first-order valence-electron chi connectivity index (χ1n) is 5.49. The maximum absolute atomic E-state index is 11.8. The molecule has 1 rings (SSSR count). The number of ether oxygens (including phenoxy) is 1. The Morgan fingerprint density at radius 2 is 1.82 bits per heavy atom. The number of methoxy groups -OCH3 is 1. The summed E-state index contributed by atoms with van der Waals surface area (Å²) in [6, 6.07) is 0. The van der Waals surface area contributed by atoms with E-state index in [9.17, 15) is 9.59 Å². The number of aromatic nitrogens is 1. The molecule has 0 N–H and O–H groups in total. The monoisotopic (exact) mass is 237 g/mol. The highest BCUT2D eigenvalue weighted by Gasteiger charge is 2.32. The molecule has 0 atom stereocenters. The first-order valence-corrected chi connectivity index (χ1v) is 5.49. The lowest BCUT2D eigenvalue weighted by molar-refractivity contribution is -0.111. The summed E-state index contributed by atoms with van der Waals surface area (Å²) in [6.07, 6.45) is 0.862. The van der Waals surface area contributed by atoms with Gasteiger partial charge in [0, 0.05) is 29.4 Å². The Morgan fingerprint density at radius 3 is 2.24 bits per heavy atom. The molecular weight excluding hydrogens is 218 g/mol. The fraction of sp³-hybridized carbons (Fsp3) is 0.538. The van der Waals surface area contributed by atoms with Crippen molar-refractivity contribution in [2.24, 2.45) is 7.05 Å². The van der Waals surface area contributed by atoms with Crippen LogP contribution in [0.4, 0.5) is 0 Å². The topological polar surface area (TPSA) is 48.3 Å². The molecule has 0 spiro atoms. The van der Waals surface area contributed by atoms with Crippen LogP contribution < -0.4 is 0 Å². The first-order chi connectivity index (χ1) is 7.77. The van der Waals surface area contributed by atoms with Gasteiger partial charge in [-0.2, -0.15) is 0 Å². The van der Waals surface area contributed by atoms with Crippen LogP contribution in [0.2, 0.25) is 0 Å². The lowest BCUT2D eigenvalue weighted by atomic mass is 9.83. The molecule has 0 amide bonds. The molecule has 1 heterocycles. The second kappa shape index (κ2) is 4.35. The van der Waals surface area contributed by atoms with Crippen LogP contribution in [0.5, 0.6) is 0 Å². The second-order valence-corrected chi connectivity index (χ2v) is 4.81. The van der Waals surface area contributed by atoms with E-state index in [-0.39, 0.29) is 0 Å². The molecule has 0 fully saturated rings. The third-order valence-corrected chi connectivity index (χ3v) is 3.31. The minimum Gasteiger partial charge on any atom is -0.465 e. The molecule has 94 valence electrons. The highest BCUT2D eigenvalue weighted by Crippen LogP contribution is 2.32. The van der Waals surface area contributed by atoms with Crippen molar-refractivity contribution in [1.29, 1.82) is 0 Å². The van der Waals surface area contributed by atoms with Gasteiger partial charge in [0.25, 0.3) is 0 Å². The molecule has 4 nitrogen and oxygen atoms in total. The van der Waals surface area contributed by atoms with Gasteiger partial charge in [0.05, 0.1) is 12.7 Å². The smallest absolute Gasteiger partial charge is 0.340 e. The van der Waals surface area contributed by atoms with Crippen LogP contribution >= 0.6 is 0 Å². The Morgan fingerprint density at radius 1 is 1.29 bits per heavy atom. The van der Waals surface area contributed by atoms with Gasteiger partial charge in [-0.25, -0.2) is 4.79 Å². The van der Waals surface area contributed by atoms with Crippen LogP contribution in [0, 0.1) is 13.8 Å². The summed E-state index contributed by atoms with van der Waals surface area (Å²) >= 11 is 0. The number of hydrogen-bond donors (Lipinski definition) is 0. The molecular formula is C13H19NO3. The van der Waals surface area contributed by atoms with Crippen molar-refractivity contribution < 1.29 is 14.3 Å². The molecule has 0 aliphatic rings. The number of carbonyl (C=O) groups excluding carboxylic acids is 2. The highest BCUT2D eigenvalue weighted by atomic mass is 16.5. The highest BCUT2D eigenvalue weighted by molar-refractivity contribution is 5.95. The van der Waals surface area contributed by atoms with Gasteiger partial charge in [0.1, 0.15) is 6.29 Å². The molecule has 0 aromatic carbocycles. The largest absolute Gasteiger partial charge is 0.465 e. The fourth-order valence-corrected chi connectivity index (χ4v) is 2.15. The molecule has 0 aliphatic heterocycles. The first kappa shape index (κ1) is 13.5. The summed E-state index contributed by atoms with van der Waals surface area (Å²) in [4.78, 5) is 23.0. The average Bonchev–Trinajstić information content (AvgIpc) is 2.53. The number of aldehydes is 1. The second-order valence-electron chi connectivity index (χ2n) is 4.81. The van der Waals surface area contributed by atoms with Gasteiger partial charge in [-0.1, -0.05) is 0 Å². The average molecular weight is 237 g/mol. The third-order valence-electron chi connectivity index (χ3n) is 3.31. The predicted octanol–water partition coefficient (Wildman–Crippen LogP) is 1.91. The zero-order valence-corrected chi connectivity index (χ0v) is 11.2. The quantitative estimate of drug-likeness (QED) is 0.596. The van der Waals surface area contributed by atoms with Gasteiger partial charge < -0.3 is 14.1 Å². The minimum absolute atomic E-state index is 0.392. The van der Waals surface area contributed by atoms with Gasteiger partial charge in [0.2, 0.25) is 0 Å². The van der Waals surface area contributed by atoms with E-state index in [0.29, 0.717) is 5.56 Å². The van der Waals surface area contributed by atoms with Crippen LogP contribution in [-0.2, 0) is 22.0 Å². The SMILES string of the molecule is COC(=O)c1c(C(C)(C)C=O)c(C)n(C)c1C. The molecule has 0 saturated carbocycles. The van der Waals surface area contributed by atoms with Crippen molar-refractivity contribution in [3.63, 3.8) is 0 Å². The van der Waals surface area contributed by atoms with Gasteiger partial charge in [-0.15, -0.1) is 0 Å². The lowest BCUT2D eigenvalue weighted by Crippen LogP contribution is -2.23. The lowest BCUT2D eigenvalue weighted by Gasteiger charge is -2.19. The molecule has 0 unspecified atom stereocenters. The van der Waals surface area contributed by atoms with E-state index in [2.05, 4.69) is 0 Å². The van der Waals surface area contributed by atoms with Crippen LogP contribution in [-0.4, -0.2) is 23.9 Å². The maximum Gasteiger partial charge on any atom is 0.340 e. The number of rotatable bonds is 3. The van der Waals surface area contributed by atoms with Crippen molar-refractivity contribution >= 4 is 12.3 Å². The van der Waals surface area contributed by atoms with Crippen molar-refractivity contribution in [3.8, 4) is 0 Å². The van der Waals surface area contributed by atoms with E-state index in [1.54, 1.807) is 13.8 Å². The summed E-state index contributed by atoms with van der Waals surface area (Å²) in [5, 5.41) is 0. The third kappa shape index (κ3) is 1.99. The Hall–Kier alpha value is -1.58. The molecule has 0 saturated heterocycles. The summed E-state index contributed by atoms with van der Waals surface area (Å²) in [5.41, 5.74) is 2.29. The Bertz CT molecular complexity index is 469. The Labute approximate surface area is 102 Å². The molecule has 4 heteroatoms. The van der Waals surface area contributed by atoms with E-state index in [1.165, 1.54) is 7.11 Å². The van der Waals surface area contributed by atoms with E-state index >= 15 is 0 Å². The van der Waals surface area contributed by atoms with Gasteiger partial charge in [-0.3, -0.25) is 0 Å². The number of carbonyl (C=O) groups is 2. The van der Waals surface area contributed by atoms with Crippen molar-refractivity contribution in [1.82, 2.24) is 4.57 Å². The van der Waals surface area contributed by atoms with E-state index < -0.39 is 11.4 Å². The van der Waals surface area contributed by atoms with Crippen LogP contribution in [0.1, 0.15) is 41.2 Å². The van der Waals surface area contributed by atoms with Gasteiger partial charge in [0.15, 0.2) is 0 Å². The van der Waals surface area contributed by atoms with Crippen LogP contribution in [0.25, 0.3) is 0 Å². The molecule has 0 bridgehead atoms. The molecule has 1 aromatic heterocycles. The van der Waals surface area contributed by atoms with Crippen molar-refractivity contribution in [2.45, 2.75) is 33.1 Å². The molecule has 17 heavy (non-hydrogen) atoms. The molecule has 1 aromatic rings. The minimum atomic E-state index is -0.695. The normalized spacial score (nSPS) is 11.4. The van der Waals surface area contributed by atoms with E-state index in [1.807, 2.05) is 25.5 Å². The number of hydrogen-bond acceptors (Lipinski definition) is 3. The number of esters is 1. The summed E-state index contributed by atoms with van der Waals surface area (Å²) in [7, 11) is 3.23. The van der Waals surface area contributed by atoms with Gasteiger partial charge >= 0.3 is 5.97 Å². The predicted molar refractivity (Wildman–Crippen MR) is 65.3 cm³/mol. The zero-order chi connectivity index (χ0) is 13.4. The Balaban J connectivity index is 3.64. The fourth-order valence-electron chi connectivity index (χ4n) is 2.15.